The van der Waals surface area contributed by atoms with Gasteiger partial charge in [-0.1, -0.05) is 13.5 Å². The third-order valence-electron chi connectivity index (χ3n) is 8.43. The van der Waals surface area contributed by atoms with Crippen molar-refractivity contribution in [3.8, 4) is 0 Å². The van der Waals surface area contributed by atoms with Crippen molar-refractivity contribution in [2.75, 3.05) is 29.9 Å². The van der Waals surface area contributed by atoms with Crippen molar-refractivity contribution in [2.24, 2.45) is 12.5 Å². The lowest BCUT2D eigenvalue weighted by Crippen LogP contribution is -2.53. The van der Waals surface area contributed by atoms with E-state index in [-0.39, 0.29) is 33.8 Å². The molecule has 1 saturated carbocycles. The minimum atomic E-state index is -2.76. The van der Waals surface area contributed by atoms with E-state index >= 15 is 0 Å². The molecule has 1 saturated heterocycles. The van der Waals surface area contributed by atoms with Crippen molar-refractivity contribution in [3.05, 3.63) is 75.7 Å². The van der Waals surface area contributed by atoms with E-state index in [1.165, 1.54) is 30.7 Å². The largest absolute Gasteiger partial charge is 0.377 e. The summed E-state index contributed by atoms with van der Waals surface area (Å²) in [6.07, 6.45) is -0.427. The number of aryl methyl sites for hydroxylation is 1. The normalized spacial score (nSPS) is 19.5. The van der Waals surface area contributed by atoms with Gasteiger partial charge in [0.15, 0.2) is 0 Å². The number of aromatic nitrogens is 2. The third kappa shape index (κ3) is 4.99. The SMILES string of the molecule is C=C(N1CCN(c2cc3c(C(C)Nc4ccc(C)nc4C(F)F)cc(F)cc3c(=O)n2C)C[C@@H]1C)C1(C)CC1. The van der Waals surface area contributed by atoms with Crippen molar-refractivity contribution in [1.82, 2.24) is 14.5 Å². The zero-order chi connectivity index (χ0) is 28.2. The molecule has 0 bridgehead atoms. The Morgan fingerprint density at radius 1 is 1.18 bits per heavy atom. The Morgan fingerprint density at radius 2 is 1.90 bits per heavy atom. The summed E-state index contributed by atoms with van der Waals surface area (Å²) in [5.41, 5.74) is 1.92. The standard InChI is InChI=1S/C30H36F3N5O/c1-17-7-8-25(27(34-17)28(32)33)35-19(3)22-13-21(31)14-24-23(22)15-26(36(6)29(24)39)37-11-12-38(18(2)16-37)20(4)30(5)9-10-30/h7-8,13-15,18-19,28,35H,4,9-12,16H2,1-3,5-6H3/t18-,19?/m0/s1. The van der Waals surface area contributed by atoms with E-state index in [4.69, 9.17) is 0 Å². The minimum absolute atomic E-state index is 0.180. The highest BCUT2D eigenvalue weighted by Gasteiger charge is 2.44. The van der Waals surface area contributed by atoms with Gasteiger partial charge in [0.2, 0.25) is 0 Å². The van der Waals surface area contributed by atoms with Crippen LogP contribution in [0.5, 0.6) is 0 Å². The maximum absolute atomic E-state index is 14.8. The number of benzene rings is 1. The number of anilines is 2. The molecule has 0 spiro atoms. The van der Waals surface area contributed by atoms with Gasteiger partial charge in [-0.25, -0.2) is 18.2 Å². The van der Waals surface area contributed by atoms with E-state index < -0.39 is 18.3 Å². The van der Waals surface area contributed by atoms with E-state index in [1.807, 2.05) is 6.07 Å². The minimum Gasteiger partial charge on any atom is -0.377 e. The molecule has 3 heterocycles. The molecule has 2 aliphatic rings. The number of alkyl halides is 2. The molecular formula is C30H36F3N5O. The average Bonchev–Trinajstić information content (AvgIpc) is 3.64. The first-order valence-corrected chi connectivity index (χ1v) is 13.5. The maximum atomic E-state index is 14.8. The second kappa shape index (κ2) is 9.92. The fourth-order valence-corrected chi connectivity index (χ4v) is 5.72. The van der Waals surface area contributed by atoms with Gasteiger partial charge >= 0.3 is 0 Å². The van der Waals surface area contributed by atoms with E-state index in [0.29, 0.717) is 23.2 Å². The van der Waals surface area contributed by atoms with Crippen LogP contribution in [0.25, 0.3) is 10.8 Å². The van der Waals surface area contributed by atoms with Crippen LogP contribution < -0.4 is 15.8 Å². The summed E-state index contributed by atoms with van der Waals surface area (Å²) in [6.45, 7) is 14.5. The van der Waals surface area contributed by atoms with Crippen LogP contribution in [-0.4, -0.2) is 40.1 Å². The number of allylic oxidation sites excluding steroid dienone is 1. The van der Waals surface area contributed by atoms with Gasteiger partial charge < -0.3 is 15.1 Å². The Kier molecular flexibility index (Phi) is 6.89. The number of fused-ring (bicyclic) bond motifs is 1. The fraction of sp³-hybridized carbons (Fsp3) is 0.467. The molecule has 1 aromatic carbocycles. The lowest BCUT2D eigenvalue weighted by molar-refractivity contribution is 0.146. The van der Waals surface area contributed by atoms with Crippen LogP contribution in [0.15, 0.2) is 47.4 Å². The van der Waals surface area contributed by atoms with Gasteiger partial charge in [0.05, 0.1) is 11.1 Å². The summed E-state index contributed by atoms with van der Waals surface area (Å²) in [5.74, 6) is 0.189. The van der Waals surface area contributed by atoms with Gasteiger partial charge in [-0.05, 0) is 74.9 Å². The molecule has 39 heavy (non-hydrogen) atoms. The number of nitrogens with one attached hydrogen (secondary N) is 1. The lowest BCUT2D eigenvalue weighted by atomic mass is 9.99. The predicted molar refractivity (Wildman–Crippen MR) is 150 cm³/mol. The average molecular weight is 540 g/mol. The molecule has 208 valence electrons. The van der Waals surface area contributed by atoms with E-state index in [1.54, 1.807) is 37.6 Å². The number of hydrogen-bond donors (Lipinski definition) is 1. The predicted octanol–water partition coefficient (Wildman–Crippen LogP) is 6.32. The summed E-state index contributed by atoms with van der Waals surface area (Å²) >= 11 is 0. The van der Waals surface area contributed by atoms with Gasteiger partial charge in [-0.2, -0.15) is 0 Å². The van der Waals surface area contributed by atoms with Crippen LogP contribution in [0.3, 0.4) is 0 Å². The molecule has 0 radical (unpaired) electrons. The van der Waals surface area contributed by atoms with Gasteiger partial charge in [0, 0.05) is 55.6 Å². The highest BCUT2D eigenvalue weighted by atomic mass is 19.3. The summed E-state index contributed by atoms with van der Waals surface area (Å²) in [7, 11) is 1.71. The fourth-order valence-electron chi connectivity index (χ4n) is 5.72. The Balaban J connectivity index is 1.50. The van der Waals surface area contributed by atoms with Crippen LogP contribution in [0.4, 0.5) is 24.7 Å². The van der Waals surface area contributed by atoms with Crippen molar-refractivity contribution in [2.45, 2.75) is 59.0 Å². The van der Waals surface area contributed by atoms with E-state index in [9.17, 15) is 18.0 Å². The number of piperazine rings is 1. The maximum Gasteiger partial charge on any atom is 0.282 e. The van der Waals surface area contributed by atoms with Crippen LogP contribution in [0, 0.1) is 18.2 Å². The smallest absolute Gasteiger partial charge is 0.282 e. The molecule has 1 aliphatic carbocycles. The highest BCUT2D eigenvalue weighted by molar-refractivity contribution is 5.88. The van der Waals surface area contributed by atoms with Gasteiger partial charge in [-0.15, -0.1) is 0 Å². The quantitative estimate of drug-likeness (QED) is 0.381. The molecular weight excluding hydrogens is 503 g/mol. The van der Waals surface area contributed by atoms with Crippen molar-refractivity contribution in [1.29, 1.82) is 0 Å². The zero-order valence-electron chi connectivity index (χ0n) is 23.2. The summed E-state index contributed by atoms with van der Waals surface area (Å²) in [5, 5.41) is 3.93. The topological polar surface area (TPSA) is 53.4 Å². The van der Waals surface area contributed by atoms with Gasteiger partial charge in [-0.3, -0.25) is 9.36 Å². The van der Waals surface area contributed by atoms with E-state index in [0.717, 1.165) is 18.9 Å². The summed E-state index contributed by atoms with van der Waals surface area (Å²) < 4.78 is 43.7. The molecule has 2 fully saturated rings. The first-order chi connectivity index (χ1) is 18.4. The third-order valence-corrected chi connectivity index (χ3v) is 8.43. The van der Waals surface area contributed by atoms with Crippen LogP contribution >= 0.6 is 0 Å². The molecule has 3 aromatic rings. The van der Waals surface area contributed by atoms with Crippen molar-refractivity contribution in [3.63, 3.8) is 0 Å². The second-order valence-electron chi connectivity index (χ2n) is 11.4. The molecule has 5 rings (SSSR count). The molecule has 1 aliphatic heterocycles. The van der Waals surface area contributed by atoms with Gasteiger partial charge in [0.25, 0.3) is 12.0 Å². The van der Waals surface area contributed by atoms with E-state index in [2.05, 4.69) is 40.5 Å². The Labute approximate surface area is 227 Å². The zero-order valence-corrected chi connectivity index (χ0v) is 23.2. The molecule has 2 aromatic heterocycles. The number of rotatable bonds is 7. The molecule has 1 unspecified atom stereocenters. The monoisotopic (exact) mass is 539 g/mol. The first kappa shape index (κ1) is 27.1. The van der Waals surface area contributed by atoms with Crippen molar-refractivity contribution < 1.29 is 13.2 Å². The molecule has 0 amide bonds. The lowest BCUT2D eigenvalue weighted by Gasteiger charge is -2.44. The van der Waals surface area contributed by atoms with Crippen molar-refractivity contribution >= 4 is 22.3 Å². The van der Waals surface area contributed by atoms with Gasteiger partial charge in [0.1, 0.15) is 17.3 Å². The Hall–Kier alpha value is -3.49. The Bertz CT molecular complexity index is 1500. The number of pyridine rings is 2. The second-order valence-corrected chi connectivity index (χ2v) is 11.4. The Morgan fingerprint density at radius 3 is 2.54 bits per heavy atom. The van der Waals surface area contributed by atoms with Crippen LogP contribution in [0.2, 0.25) is 0 Å². The summed E-state index contributed by atoms with van der Waals surface area (Å²) in [6, 6.07) is 7.39. The summed E-state index contributed by atoms with van der Waals surface area (Å²) in [4.78, 5) is 22.0. The number of nitrogens with zero attached hydrogens (tertiary/aromatic N) is 4. The first-order valence-electron chi connectivity index (χ1n) is 13.5. The van der Waals surface area contributed by atoms with Crippen LogP contribution in [-0.2, 0) is 7.05 Å². The molecule has 6 nitrogen and oxygen atoms in total. The van der Waals surface area contributed by atoms with Crippen LogP contribution in [0.1, 0.15) is 63.0 Å². The molecule has 1 N–H and O–H groups in total. The number of hydrogen-bond acceptors (Lipinski definition) is 5. The molecule has 2 atom stereocenters. The number of halogens is 3. The molecule has 9 heteroatoms. The highest BCUT2D eigenvalue weighted by Crippen LogP contribution is 2.52.